The Morgan fingerprint density at radius 3 is 3.08 bits per heavy atom. The van der Waals surface area contributed by atoms with Crippen molar-refractivity contribution in [3.05, 3.63) is 48.1 Å². The van der Waals surface area contributed by atoms with E-state index < -0.39 is 0 Å². The molecule has 0 spiro atoms. The van der Waals surface area contributed by atoms with Crippen molar-refractivity contribution in [3.63, 3.8) is 0 Å². The van der Waals surface area contributed by atoms with Crippen molar-refractivity contribution in [3.8, 4) is 28.5 Å². The molecule has 0 aliphatic carbocycles. The Hall–Kier alpha value is -3.26. The number of rotatable bonds is 3. The van der Waals surface area contributed by atoms with Crippen LogP contribution in [0.25, 0.3) is 38.6 Å². The number of ether oxygens (including phenoxy) is 1. The zero-order valence-corrected chi connectivity index (χ0v) is 14.0. The average molecular weight is 348 g/mol. The lowest BCUT2D eigenvalue weighted by Crippen LogP contribution is -1.88. The van der Waals surface area contributed by atoms with E-state index in [-0.39, 0.29) is 0 Å². The molecule has 25 heavy (non-hydrogen) atoms. The molecule has 1 aromatic carbocycles. The van der Waals surface area contributed by atoms with Gasteiger partial charge in [-0.1, -0.05) is 12.1 Å². The second-order valence-corrected chi connectivity index (χ2v) is 6.38. The Morgan fingerprint density at radius 1 is 1.20 bits per heavy atom. The third kappa shape index (κ3) is 2.26. The molecule has 0 saturated carbocycles. The van der Waals surface area contributed by atoms with Crippen molar-refractivity contribution in [2.24, 2.45) is 0 Å². The number of methoxy groups -OCH3 is 1. The highest BCUT2D eigenvalue weighted by atomic mass is 32.1. The van der Waals surface area contributed by atoms with Crippen LogP contribution < -0.4 is 4.74 Å². The van der Waals surface area contributed by atoms with Crippen molar-refractivity contribution in [2.75, 3.05) is 7.11 Å². The third-order valence-corrected chi connectivity index (χ3v) is 4.81. The molecule has 0 amide bonds. The van der Waals surface area contributed by atoms with Crippen LogP contribution in [-0.2, 0) is 0 Å². The molecule has 7 nitrogen and oxygen atoms in total. The van der Waals surface area contributed by atoms with Crippen LogP contribution in [0.4, 0.5) is 0 Å². The number of hydrogen-bond acceptors (Lipinski definition) is 6. The lowest BCUT2D eigenvalue weighted by atomic mass is 10.1. The van der Waals surface area contributed by atoms with E-state index in [4.69, 9.17) is 4.74 Å². The largest absolute Gasteiger partial charge is 0.497 e. The molecule has 0 aliphatic rings. The van der Waals surface area contributed by atoms with Crippen molar-refractivity contribution in [1.82, 2.24) is 29.8 Å². The van der Waals surface area contributed by atoms with E-state index in [0.29, 0.717) is 5.82 Å². The lowest BCUT2D eigenvalue weighted by molar-refractivity contribution is 0.415. The molecular formula is C17H12N6OS. The van der Waals surface area contributed by atoms with Crippen LogP contribution >= 0.6 is 11.3 Å². The van der Waals surface area contributed by atoms with E-state index >= 15 is 0 Å². The number of nitrogens with one attached hydrogen (secondary N) is 1. The van der Waals surface area contributed by atoms with E-state index in [1.54, 1.807) is 29.3 Å². The van der Waals surface area contributed by atoms with E-state index in [1.807, 2.05) is 41.8 Å². The summed E-state index contributed by atoms with van der Waals surface area (Å²) in [6.07, 6.45) is 1.68. The zero-order valence-electron chi connectivity index (χ0n) is 13.2. The second-order valence-electron chi connectivity index (χ2n) is 5.49. The molecule has 0 fully saturated rings. The predicted molar refractivity (Wildman–Crippen MR) is 95.7 cm³/mol. The van der Waals surface area contributed by atoms with Gasteiger partial charge in [-0.25, -0.2) is 14.5 Å². The van der Waals surface area contributed by atoms with Gasteiger partial charge >= 0.3 is 0 Å². The number of benzene rings is 1. The second kappa shape index (κ2) is 5.38. The van der Waals surface area contributed by atoms with Gasteiger partial charge in [-0.05, 0) is 29.6 Å². The summed E-state index contributed by atoms with van der Waals surface area (Å²) in [7, 11) is 1.65. The molecular weight excluding hydrogens is 336 g/mol. The highest BCUT2D eigenvalue weighted by Gasteiger charge is 2.13. The fourth-order valence-corrected chi connectivity index (χ4v) is 3.47. The molecule has 0 saturated heterocycles. The zero-order chi connectivity index (χ0) is 16.8. The molecule has 0 unspecified atom stereocenters. The molecule has 1 N–H and O–H groups in total. The molecule has 0 aliphatic heterocycles. The van der Waals surface area contributed by atoms with Gasteiger partial charge in [0.2, 0.25) is 0 Å². The quantitative estimate of drug-likeness (QED) is 0.540. The minimum Gasteiger partial charge on any atom is -0.497 e. The van der Waals surface area contributed by atoms with Crippen molar-refractivity contribution >= 4 is 27.2 Å². The van der Waals surface area contributed by atoms with Gasteiger partial charge in [0.05, 0.1) is 18.2 Å². The van der Waals surface area contributed by atoms with Crippen molar-refractivity contribution < 1.29 is 4.74 Å². The van der Waals surface area contributed by atoms with Gasteiger partial charge in [0.25, 0.3) is 0 Å². The summed E-state index contributed by atoms with van der Waals surface area (Å²) in [4.78, 5) is 9.99. The van der Waals surface area contributed by atoms with Crippen LogP contribution in [0.3, 0.4) is 0 Å². The molecule has 5 aromatic rings. The van der Waals surface area contributed by atoms with E-state index in [2.05, 4.69) is 25.3 Å². The van der Waals surface area contributed by atoms with Crippen molar-refractivity contribution in [1.29, 1.82) is 0 Å². The Kier molecular flexibility index (Phi) is 3.04. The number of nitrogens with zero attached hydrogens (tertiary/aromatic N) is 5. The number of thiophene rings is 1. The number of aromatic nitrogens is 6. The van der Waals surface area contributed by atoms with Crippen LogP contribution in [0.5, 0.6) is 5.75 Å². The first-order valence-electron chi connectivity index (χ1n) is 7.60. The van der Waals surface area contributed by atoms with Crippen LogP contribution in [0, 0.1) is 0 Å². The summed E-state index contributed by atoms with van der Waals surface area (Å²) in [5, 5.41) is 14.9. The van der Waals surface area contributed by atoms with Gasteiger partial charge in [-0.2, -0.15) is 5.10 Å². The summed E-state index contributed by atoms with van der Waals surface area (Å²) >= 11 is 1.59. The topological polar surface area (TPSA) is 81.0 Å². The first-order chi connectivity index (χ1) is 12.3. The first-order valence-corrected chi connectivity index (χ1v) is 8.48. The molecule has 0 radical (unpaired) electrons. The van der Waals surface area contributed by atoms with Gasteiger partial charge in [0, 0.05) is 5.56 Å². The average Bonchev–Trinajstić information content (AvgIpc) is 3.38. The summed E-state index contributed by atoms with van der Waals surface area (Å²) < 4.78 is 6.96. The highest BCUT2D eigenvalue weighted by Crippen LogP contribution is 2.27. The molecule has 0 atom stereocenters. The minimum atomic E-state index is 0.585. The summed E-state index contributed by atoms with van der Waals surface area (Å²) in [6, 6.07) is 11.7. The fraction of sp³-hybridized carbons (Fsp3) is 0.0588. The van der Waals surface area contributed by atoms with Gasteiger partial charge < -0.3 is 4.74 Å². The van der Waals surface area contributed by atoms with Crippen molar-refractivity contribution in [2.45, 2.75) is 0 Å². The van der Waals surface area contributed by atoms with E-state index in [0.717, 1.165) is 38.6 Å². The standard InChI is InChI=1S/C17H12N6OS/c1-24-11-4-2-3-10(7-11)13-8-14(21-20-13)15-19-16-12-5-6-25-17(12)18-9-23(16)22-15/h2-9H,1H3,(H,20,21). The van der Waals surface area contributed by atoms with Crippen LogP contribution in [0.1, 0.15) is 0 Å². The normalized spacial score (nSPS) is 11.4. The monoisotopic (exact) mass is 348 g/mol. The molecule has 122 valence electrons. The Morgan fingerprint density at radius 2 is 2.16 bits per heavy atom. The molecule has 0 bridgehead atoms. The Balaban J connectivity index is 1.59. The maximum atomic E-state index is 5.27. The SMILES string of the molecule is COc1cccc(-c2cc(-c3nc4c5ccsc5ncn4n3)[nH]n2)c1. The summed E-state index contributed by atoms with van der Waals surface area (Å²) in [6.45, 7) is 0. The van der Waals surface area contributed by atoms with E-state index in [9.17, 15) is 0 Å². The smallest absolute Gasteiger partial charge is 0.200 e. The maximum Gasteiger partial charge on any atom is 0.200 e. The Labute approximate surface area is 145 Å². The van der Waals surface area contributed by atoms with Gasteiger partial charge in [0.1, 0.15) is 22.6 Å². The summed E-state index contributed by atoms with van der Waals surface area (Å²) in [5.74, 6) is 1.38. The number of H-pyrrole nitrogens is 1. The molecule has 8 heteroatoms. The van der Waals surface area contributed by atoms with Crippen LogP contribution in [0.15, 0.2) is 48.1 Å². The molecule has 5 rings (SSSR count). The minimum absolute atomic E-state index is 0.585. The predicted octanol–water partition coefficient (Wildman–Crippen LogP) is 3.40. The fourth-order valence-electron chi connectivity index (χ4n) is 2.75. The Bertz CT molecular complexity index is 1200. The van der Waals surface area contributed by atoms with Gasteiger partial charge in [0.15, 0.2) is 11.5 Å². The van der Waals surface area contributed by atoms with Gasteiger partial charge in [-0.3, -0.25) is 5.10 Å². The summed E-state index contributed by atoms with van der Waals surface area (Å²) in [5.41, 5.74) is 3.32. The molecule has 4 heterocycles. The van der Waals surface area contributed by atoms with Gasteiger partial charge in [-0.15, -0.1) is 16.4 Å². The molecule has 4 aromatic heterocycles. The number of aromatic amines is 1. The highest BCUT2D eigenvalue weighted by molar-refractivity contribution is 7.16. The lowest BCUT2D eigenvalue weighted by Gasteiger charge is -2.00. The van der Waals surface area contributed by atoms with Crippen LogP contribution in [0.2, 0.25) is 0 Å². The maximum absolute atomic E-state index is 5.27. The van der Waals surface area contributed by atoms with Crippen LogP contribution in [-0.4, -0.2) is 36.9 Å². The first kappa shape index (κ1) is 14.1. The van der Waals surface area contributed by atoms with E-state index in [1.165, 1.54) is 0 Å². The number of fused-ring (bicyclic) bond motifs is 3. The third-order valence-electron chi connectivity index (χ3n) is 3.99. The number of hydrogen-bond donors (Lipinski definition) is 1.